The van der Waals surface area contributed by atoms with Gasteiger partial charge in [0, 0.05) is 24.1 Å². The highest BCUT2D eigenvalue weighted by molar-refractivity contribution is 5.92. The molecule has 154 valence electrons. The Labute approximate surface area is 180 Å². The maximum absolute atomic E-state index is 13.6. The molecule has 0 aliphatic rings. The van der Waals surface area contributed by atoms with Crippen molar-refractivity contribution >= 4 is 5.97 Å². The lowest BCUT2D eigenvalue weighted by molar-refractivity contribution is -0.137. The summed E-state index contributed by atoms with van der Waals surface area (Å²) in [7, 11) is 0. The van der Waals surface area contributed by atoms with Gasteiger partial charge < -0.3 is 5.11 Å². The molecular weight excluding hydrogens is 388 g/mol. The van der Waals surface area contributed by atoms with Crippen molar-refractivity contribution in [2.45, 2.75) is 19.4 Å². The van der Waals surface area contributed by atoms with E-state index in [0.717, 1.165) is 22.3 Å². The monoisotopic (exact) mass is 410 g/mol. The number of aromatic nitrogens is 2. The first-order chi connectivity index (χ1) is 15.1. The molecule has 0 unspecified atom stereocenters. The summed E-state index contributed by atoms with van der Waals surface area (Å²) < 4.78 is 1.40. The van der Waals surface area contributed by atoms with Crippen LogP contribution in [0.25, 0.3) is 33.5 Å². The molecule has 0 saturated heterocycles. The summed E-state index contributed by atoms with van der Waals surface area (Å²) in [5.74, 6) is -0.888. The van der Waals surface area contributed by atoms with Crippen molar-refractivity contribution in [3.8, 4) is 33.5 Å². The first-order valence-electron chi connectivity index (χ1n) is 10.2. The van der Waals surface area contributed by atoms with Crippen molar-refractivity contribution in [1.82, 2.24) is 9.78 Å². The maximum atomic E-state index is 13.6. The Morgan fingerprint density at radius 1 is 0.742 bits per heavy atom. The van der Waals surface area contributed by atoms with Gasteiger partial charge in [0.25, 0.3) is 5.56 Å². The van der Waals surface area contributed by atoms with Crippen LogP contribution < -0.4 is 5.56 Å². The van der Waals surface area contributed by atoms with Crippen LogP contribution >= 0.6 is 0 Å². The third kappa shape index (κ3) is 4.46. The summed E-state index contributed by atoms with van der Waals surface area (Å²) in [6, 6.07) is 29.1. The van der Waals surface area contributed by atoms with Crippen LogP contribution in [0, 0.1) is 0 Å². The van der Waals surface area contributed by atoms with E-state index in [4.69, 9.17) is 10.2 Å². The maximum Gasteiger partial charge on any atom is 0.303 e. The van der Waals surface area contributed by atoms with Crippen LogP contribution in [-0.2, 0) is 11.3 Å². The number of rotatable bonds is 7. The molecule has 1 heterocycles. The van der Waals surface area contributed by atoms with E-state index in [0.29, 0.717) is 17.7 Å². The molecule has 5 heteroatoms. The summed E-state index contributed by atoms with van der Waals surface area (Å²) in [5.41, 5.74) is 4.41. The average Bonchev–Trinajstić information content (AvgIpc) is 2.81. The number of benzene rings is 3. The van der Waals surface area contributed by atoms with Crippen molar-refractivity contribution in [2.75, 3.05) is 0 Å². The molecule has 31 heavy (non-hydrogen) atoms. The Balaban J connectivity index is 2.02. The van der Waals surface area contributed by atoms with Gasteiger partial charge in [0.2, 0.25) is 0 Å². The number of hydrogen-bond acceptors (Lipinski definition) is 3. The van der Waals surface area contributed by atoms with Gasteiger partial charge in [0.05, 0.1) is 11.3 Å². The minimum Gasteiger partial charge on any atom is -0.481 e. The zero-order valence-electron chi connectivity index (χ0n) is 16.9. The van der Waals surface area contributed by atoms with Crippen LogP contribution in [-0.4, -0.2) is 20.9 Å². The van der Waals surface area contributed by atoms with Gasteiger partial charge in [-0.05, 0) is 17.5 Å². The summed E-state index contributed by atoms with van der Waals surface area (Å²) in [5, 5.41) is 13.7. The fourth-order valence-corrected chi connectivity index (χ4v) is 3.66. The normalized spacial score (nSPS) is 10.7. The van der Waals surface area contributed by atoms with E-state index in [2.05, 4.69) is 0 Å². The predicted octanol–water partition coefficient (Wildman–Crippen LogP) is 5.11. The molecular formula is C26H22N2O3. The zero-order valence-corrected chi connectivity index (χ0v) is 16.9. The number of carboxylic acid groups (broad SMARTS) is 1. The van der Waals surface area contributed by atoms with E-state index in [-0.39, 0.29) is 18.5 Å². The zero-order chi connectivity index (χ0) is 21.6. The van der Waals surface area contributed by atoms with E-state index in [1.54, 1.807) is 0 Å². The average molecular weight is 410 g/mol. The molecule has 4 aromatic rings. The summed E-state index contributed by atoms with van der Waals surface area (Å²) in [6.45, 7) is 0.236. The topological polar surface area (TPSA) is 72.2 Å². The van der Waals surface area contributed by atoms with E-state index in [9.17, 15) is 9.59 Å². The van der Waals surface area contributed by atoms with Crippen molar-refractivity contribution in [2.24, 2.45) is 0 Å². The Bertz CT molecular complexity index is 1230. The molecule has 1 N–H and O–H groups in total. The van der Waals surface area contributed by atoms with Gasteiger partial charge in [-0.25, -0.2) is 4.68 Å². The highest BCUT2D eigenvalue weighted by atomic mass is 16.4. The molecule has 0 fully saturated rings. The minimum absolute atomic E-state index is 0.0180. The van der Waals surface area contributed by atoms with Crippen molar-refractivity contribution in [1.29, 1.82) is 0 Å². The Kier molecular flexibility index (Phi) is 6.03. The number of hydrogen-bond donors (Lipinski definition) is 1. The molecule has 0 radical (unpaired) electrons. The molecule has 0 aliphatic carbocycles. The number of nitrogens with zero attached hydrogens (tertiary/aromatic N) is 2. The molecule has 4 rings (SSSR count). The number of aryl methyl sites for hydroxylation is 1. The van der Waals surface area contributed by atoms with Gasteiger partial charge >= 0.3 is 5.97 Å². The second-order valence-corrected chi connectivity index (χ2v) is 7.22. The third-order valence-corrected chi connectivity index (χ3v) is 5.09. The first kappa shape index (κ1) is 20.3. The van der Waals surface area contributed by atoms with Crippen molar-refractivity contribution in [3.05, 3.63) is 101 Å². The van der Waals surface area contributed by atoms with Crippen LogP contribution in [0.1, 0.15) is 12.8 Å². The second-order valence-electron chi connectivity index (χ2n) is 7.22. The van der Waals surface area contributed by atoms with E-state index >= 15 is 0 Å². The molecule has 1 aromatic heterocycles. The van der Waals surface area contributed by atoms with Gasteiger partial charge in [-0.2, -0.15) is 5.10 Å². The van der Waals surface area contributed by atoms with Crippen LogP contribution in [0.5, 0.6) is 0 Å². The lowest BCUT2D eigenvalue weighted by Gasteiger charge is -2.17. The number of aliphatic carboxylic acids is 1. The summed E-state index contributed by atoms with van der Waals surface area (Å²) in [4.78, 5) is 24.6. The molecule has 0 bridgehead atoms. The molecule has 0 spiro atoms. The highest BCUT2D eigenvalue weighted by Crippen LogP contribution is 2.36. The molecule has 0 atom stereocenters. The van der Waals surface area contributed by atoms with Gasteiger partial charge in [-0.1, -0.05) is 91.0 Å². The Hall–Kier alpha value is -3.99. The fraction of sp³-hybridized carbons (Fsp3) is 0.115. The lowest BCUT2D eigenvalue weighted by Crippen LogP contribution is -2.26. The van der Waals surface area contributed by atoms with Gasteiger partial charge in [0.1, 0.15) is 0 Å². The molecule has 0 aliphatic heterocycles. The van der Waals surface area contributed by atoms with Gasteiger partial charge in [0.15, 0.2) is 0 Å². The fourth-order valence-electron chi connectivity index (χ4n) is 3.66. The van der Waals surface area contributed by atoms with E-state index < -0.39 is 5.97 Å². The summed E-state index contributed by atoms with van der Waals surface area (Å²) in [6.07, 6.45) is 0.311. The standard InChI is InChI=1S/C26H22N2O3/c29-22(30)17-10-18-28-26(31)24(20-13-6-2-7-14-20)23(19-11-4-1-5-12-19)25(27-28)21-15-8-3-9-16-21/h1-9,11-16H,10,17-18H2,(H,29,30). The van der Waals surface area contributed by atoms with E-state index in [1.165, 1.54) is 4.68 Å². The number of carbonyl (C=O) groups is 1. The minimum atomic E-state index is -0.888. The van der Waals surface area contributed by atoms with E-state index in [1.807, 2.05) is 91.0 Å². The third-order valence-electron chi connectivity index (χ3n) is 5.09. The lowest BCUT2D eigenvalue weighted by atomic mass is 9.92. The second kappa shape index (κ2) is 9.22. The van der Waals surface area contributed by atoms with Gasteiger partial charge in [-0.3, -0.25) is 9.59 Å². The largest absolute Gasteiger partial charge is 0.481 e. The highest BCUT2D eigenvalue weighted by Gasteiger charge is 2.21. The predicted molar refractivity (Wildman–Crippen MR) is 122 cm³/mol. The van der Waals surface area contributed by atoms with Crippen LogP contribution in [0.2, 0.25) is 0 Å². The smallest absolute Gasteiger partial charge is 0.303 e. The van der Waals surface area contributed by atoms with Crippen molar-refractivity contribution in [3.63, 3.8) is 0 Å². The number of carboxylic acids is 1. The quantitative estimate of drug-likeness (QED) is 0.460. The van der Waals surface area contributed by atoms with Crippen LogP contribution in [0.3, 0.4) is 0 Å². The Morgan fingerprint density at radius 2 is 1.23 bits per heavy atom. The molecule has 5 nitrogen and oxygen atoms in total. The molecule has 0 saturated carbocycles. The molecule has 0 amide bonds. The summed E-state index contributed by atoms with van der Waals surface area (Å²) >= 11 is 0. The van der Waals surface area contributed by atoms with Crippen molar-refractivity contribution < 1.29 is 9.90 Å². The molecule has 3 aromatic carbocycles. The SMILES string of the molecule is O=C(O)CCCn1nc(-c2ccccc2)c(-c2ccccc2)c(-c2ccccc2)c1=O. The Morgan fingerprint density at radius 3 is 1.74 bits per heavy atom. The first-order valence-corrected chi connectivity index (χ1v) is 10.2. The van der Waals surface area contributed by atoms with Crippen LogP contribution in [0.15, 0.2) is 95.8 Å². The van der Waals surface area contributed by atoms with Gasteiger partial charge in [-0.15, -0.1) is 0 Å². The van der Waals surface area contributed by atoms with Crippen LogP contribution in [0.4, 0.5) is 0 Å².